The van der Waals surface area contributed by atoms with E-state index in [0.29, 0.717) is 12.1 Å². The number of aryl methyl sites for hydroxylation is 1. The zero-order valence-electron chi connectivity index (χ0n) is 11.6. The van der Waals surface area contributed by atoms with Gasteiger partial charge in [0.15, 0.2) is 5.82 Å². The minimum Gasteiger partial charge on any atom is -0.361 e. The molecule has 1 aromatic carbocycles. The van der Waals surface area contributed by atoms with E-state index in [4.69, 9.17) is 5.26 Å². The van der Waals surface area contributed by atoms with Crippen molar-refractivity contribution in [1.82, 2.24) is 9.55 Å². The molecule has 0 atom stereocenters. The van der Waals surface area contributed by atoms with E-state index in [1.165, 1.54) is 24.4 Å². The number of benzene rings is 1. The largest absolute Gasteiger partial charge is 0.361 e. The van der Waals surface area contributed by atoms with Gasteiger partial charge >= 0.3 is 0 Å². The second kappa shape index (κ2) is 6.66. The molecule has 0 saturated heterocycles. The lowest BCUT2D eigenvalue weighted by molar-refractivity contribution is 0.611. The first-order valence-electron chi connectivity index (χ1n) is 6.63. The van der Waals surface area contributed by atoms with Gasteiger partial charge in [0.25, 0.3) is 5.56 Å². The van der Waals surface area contributed by atoms with Crippen molar-refractivity contribution < 1.29 is 4.39 Å². The van der Waals surface area contributed by atoms with E-state index in [9.17, 15) is 9.18 Å². The summed E-state index contributed by atoms with van der Waals surface area (Å²) >= 11 is 0. The maximum Gasteiger partial charge on any atom is 0.293 e. The van der Waals surface area contributed by atoms with Crippen molar-refractivity contribution in [1.29, 1.82) is 5.26 Å². The highest BCUT2D eigenvalue weighted by Gasteiger charge is 2.07. The van der Waals surface area contributed by atoms with E-state index in [-0.39, 0.29) is 23.5 Å². The molecule has 21 heavy (non-hydrogen) atoms. The van der Waals surface area contributed by atoms with E-state index in [0.717, 1.165) is 6.42 Å². The third-order valence-electron chi connectivity index (χ3n) is 3.01. The highest BCUT2D eigenvalue weighted by molar-refractivity contribution is 5.36. The molecule has 1 N–H and O–H groups in total. The van der Waals surface area contributed by atoms with Gasteiger partial charge in [-0.15, -0.1) is 0 Å². The summed E-state index contributed by atoms with van der Waals surface area (Å²) in [6.07, 6.45) is 4.00. The Hall–Kier alpha value is -2.68. The fraction of sp³-hybridized carbons (Fsp3) is 0.267. The lowest BCUT2D eigenvalue weighted by atomic mass is 10.1. The molecule has 0 fully saturated rings. The van der Waals surface area contributed by atoms with Crippen molar-refractivity contribution in [3.8, 4) is 6.07 Å². The van der Waals surface area contributed by atoms with Gasteiger partial charge in [0, 0.05) is 31.0 Å². The number of rotatable bonds is 5. The Balaban J connectivity index is 2.15. The maximum absolute atomic E-state index is 13.7. The molecular weight excluding hydrogens is 271 g/mol. The van der Waals surface area contributed by atoms with Crippen molar-refractivity contribution >= 4 is 5.82 Å². The van der Waals surface area contributed by atoms with Gasteiger partial charge in [-0.25, -0.2) is 9.37 Å². The third kappa shape index (κ3) is 3.45. The Morgan fingerprint density at radius 1 is 1.48 bits per heavy atom. The summed E-state index contributed by atoms with van der Waals surface area (Å²) in [4.78, 5) is 16.0. The number of nitrogens with one attached hydrogen (secondary N) is 1. The van der Waals surface area contributed by atoms with Crippen LogP contribution in [0.1, 0.15) is 24.5 Å². The Kier molecular flexibility index (Phi) is 4.67. The molecule has 1 heterocycles. The first-order valence-corrected chi connectivity index (χ1v) is 6.63. The van der Waals surface area contributed by atoms with E-state index in [1.54, 1.807) is 10.8 Å². The molecule has 0 radical (unpaired) electrons. The average molecular weight is 286 g/mol. The summed E-state index contributed by atoms with van der Waals surface area (Å²) in [5, 5.41) is 11.5. The molecule has 0 aliphatic heterocycles. The van der Waals surface area contributed by atoms with Crippen molar-refractivity contribution in [3.63, 3.8) is 0 Å². The third-order valence-corrected chi connectivity index (χ3v) is 3.01. The predicted octanol–water partition coefficient (Wildman–Crippen LogP) is 2.28. The van der Waals surface area contributed by atoms with Crippen LogP contribution in [0.5, 0.6) is 0 Å². The molecule has 0 aliphatic rings. The second-order valence-electron chi connectivity index (χ2n) is 4.55. The van der Waals surface area contributed by atoms with E-state index in [1.807, 2.05) is 13.0 Å². The SMILES string of the molecule is CCCn1ccnc(NCc2ccc(C#N)cc2F)c1=O. The van der Waals surface area contributed by atoms with Gasteiger partial charge in [0.05, 0.1) is 11.6 Å². The highest BCUT2D eigenvalue weighted by atomic mass is 19.1. The summed E-state index contributed by atoms with van der Waals surface area (Å²) < 4.78 is 15.3. The highest BCUT2D eigenvalue weighted by Crippen LogP contribution is 2.11. The standard InChI is InChI=1S/C15H15FN4O/c1-2-6-20-7-5-18-14(15(20)21)19-10-12-4-3-11(9-17)8-13(12)16/h3-5,7-8H,2,6,10H2,1H3,(H,18,19). The quantitative estimate of drug-likeness (QED) is 0.915. The second-order valence-corrected chi connectivity index (χ2v) is 4.55. The van der Waals surface area contributed by atoms with Crippen LogP contribution in [0.3, 0.4) is 0 Å². The Labute approximate surface area is 121 Å². The zero-order valence-corrected chi connectivity index (χ0v) is 11.6. The summed E-state index contributed by atoms with van der Waals surface area (Å²) in [5.74, 6) is -0.291. The zero-order chi connectivity index (χ0) is 15.2. The molecular formula is C15H15FN4O. The van der Waals surface area contributed by atoms with Crippen LogP contribution >= 0.6 is 0 Å². The first kappa shape index (κ1) is 14.7. The number of nitrogens with zero attached hydrogens (tertiary/aromatic N) is 3. The number of aromatic nitrogens is 2. The maximum atomic E-state index is 13.7. The van der Waals surface area contributed by atoms with Crippen molar-refractivity contribution in [2.24, 2.45) is 0 Å². The summed E-state index contributed by atoms with van der Waals surface area (Å²) in [5.41, 5.74) is 0.411. The summed E-state index contributed by atoms with van der Waals surface area (Å²) in [6, 6.07) is 6.10. The number of halogens is 1. The van der Waals surface area contributed by atoms with Gasteiger partial charge in [0.1, 0.15) is 5.82 Å². The Morgan fingerprint density at radius 3 is 2.95 bits per heavy atom. The van der Waals surface area contributed by atoms with Gasteiger partial charge in [-0.1, -0.05) is 13.0 Å². The van der Waals surface area contributed by atoms with Gasteiger partial charge in [-0.3, -0.25) is 4.79 Å². The minimum atomic E-state index is -0.480. The van der Waals surface area contributed by atoms with Crippen LogP contribution in [0, 0.1) is 17.1 Å². The fourth-order valence-corrected chi connectivity index (χ4v) is 1.92. The normalized spacial score (nSPS) is 10.1. The van der Waals surface area contributed by atoms with Gasteiger partial charge in [-0.2, -0.15) is 5.26 Å². The number of nitriles is 1. The molecule has 1 aromatic heterocycles. The van der Waals surface area contributed by atoms with Gasteiger partial charge in [0.2, 0.25) is 0 Å². The molecule has 0 bridgehead atoms. The average Bonchev–Trinajstić information content (AvgIpc) is 2.49. The molecule has 0 aliphatic carbocycles. The van der Waals surface area contributed by atoms with Crippen LogP contribution in [0.15, 0.2) is 35.4 Å². The Bertz CT molecular complexity index is 733. The molecule has 2 rings (SSSR count). The molecule has 5 nitrogen and oxygen atoms in total. The molecule has 0 saturated carbocycles. The Morgan fingerprint density at radius 2 is 2.29 bits per heavy atom. The van der Waals surface area contributed by atoms with Gasteiger partial charge < -0.3 is 9.88 Å². The van der Waals surface area contributed by atoms with Crippen molar-refractivity contribution in [2.45, 2.75) is 26.4 Å². The molecule has 0 unspecified atom stereocenters. The van der Waals surface area contributed by atoms with Crippen molar-refractivity contribution in [3.05, 3.63) is 57.9 Å². The molecule has 6 heteroatoms. The first-order chi connectivity index (χ1) is 10.2. The molecule has 0 spiro atoms. The number of anilines is 1. The fourth-order valence-electron chi connectivity index (χ4n) is 1.92. The van der Waals surface area contributed by atoms with E-state index >= 15 is 0 Å². The van der Waals surface area contributed by atoms with Crippen LogP contribution in [0.2, 0.25) is 0 Å². The van der Waals surface area contributed by atoms with E-state index in [2.05, 4.69) is 10.3 Å². The van der Waals surface area contributed by atoms with Crippen molar-refractivity contribution in [2.75, 3.05) is 5.32 Å². The lowest BCUT2D eigenvalue weighted by Crippen LogP contribution is -2.24. The van der Waals surface area contributed by atoms with E-state index < -0.39 is 5.82 Å². The smallest absolute Gasteiger partial charge is 0.293 e. The number of hydrogen-bond donors (Lipinski definition) is 1. The molecule has 2 aromatic rings. The monoisotopic (exact) mass is 286 g/mol. The molecule has 108 valence electrons. The van der Waals surface area contributed by atoms with Gasteiger partial charge in [-0.05, 0) is 18.6 Å². The van der Waals surface area contributed by atoms with Crippen LogP contribution in [0.25, 0.3) is 0 Å². The topological polar surface area (TPSA) is 70.7 Å². The number of hydrogen-bond acceptors (Lipinski definition) is 4. The molecule has 0 amide bonds. The van der Waals surface area contributed by atoms with Crippen LogP contribution in [-0.2, 0) is 13.1 Å². The minimum absolute atomic E-state index is 0.135. The summed E-state index contributed by atoms with van der Waals surface area (Å²) in [7, 11) is 0. The van der Waals surface area contributed by atoms with Crippen LogP contribution in [0.4, 0.5) is 10.2 Å². The van der Waals surface area contributed by atoms with Crippen LogP contribution < -0.4 is 10.9 Å². The summed E-state index contributed by atoms with van der Waals surface area (Å²) in [6.45, 7) is 2.73. The predicted molar refractivity (Wildman–Crippen MR) is 77.2 cm³/mol. The lowest BCUT2D eigenvalue weighted by Gasteiger charge is -2.09. The van der Waals surface area contributed by atoms with Crippen LogP contribution in [-0.4, -0.2) is 9.55 Å².